The lowest BCUT2D eigenvalue weighted by Gasteiger charge is -2.40. The Balaban J connectivity index is 1.04. The molecule has 0 saturated heterocycles. The van der Waals surface area contributed by atoms with Crippen LogP contribution in [0.2, 0.25) is 0 Å². The Morgan fingerprint density at radius 1 is 0.846 bits per heavy atom. The summed E-state index contributed by atoms with van der Waals surface area (Å²) in [5.41, 5.74) is 5.63. The van der Waals surface area contributed by atoms with Crippen LogP contribution in [0.3, 0.4) is 0 Å². The maximum atomic E-state index is 13.3. The quantitative estimate of drug-likeness (QED) is 0.430. The van der Waals surface area contributed by atoms with Gasteiger partial charge in [0.05, 0.1) is 0 Å². The molecule has 0 radical (unpaired) electrons. The number of carbonyl (C=O) groups excluding carboxylic acids is 2. The molecule has 0 aliphatic heterocycles. The Morgan fingerprint density at radius 3 is 2.15 bits per heavy atom. The van der Waals surface area contributed by atoms with Crippen LogP contribution >= 0.6 is 0 Å². The van der Waals surface area contributed by atoms with E-state index >= 15 is 0 Å². The average Bonchev–Trinajstić information content (AvgIpc) is 3.45. The molecule has 200 valence electrons. The molecule has 4 atom stereocenters. The lowest BCUT2D eigenvalue weighted by molar-refractivity contribution is -0.146. The molecule has 0 aromatic heterocycles. The van der Waals surface area contributed by atoms with Crippen LogP contribution in [0.1, 0.15) is 41.9 Å². The number of ether oxygens (including phenoxy) is 1. The highest BCUT2D eigenvalue weighted by molar-refractivity contribution is 5.83. The smallest absolute Gasteiger partial charge is 0.407 e. The second-order valence-electron chi connectivity index (χ2n) is 11.0. The molecule has 7 nitrogen and oxygen atoms in total. The van der Waals surface area contributed by atoms with E-state index < -0.39 is 12.1 Å². The van der Waals surface area contributed by atoms with Crippen LogP contribution in [0.15, 0.2) is 78.9 Å². The van der Waals surface area contributed by atoms with Crippen molar-refractivity contribution >= 4 is 18.0 Å². The molecule has 0 heterocycles. The van der Waals surface area contributed by atoms with Gasteiger partial charge in [0.15, 0.2) is 0 Å². The molecule has 6 rings (SSSR count). The van der Waals surface area contributed by atoms with Crippen LogP contribution in [0.4, 0.5) is 4.79 Å². The van der Waals surface area contributed by atoms with Gasteiger partial charge >= 0.3 is 12.1 Å². The Labute approximate surface area is 227 Å². The van der Waals surface area contributed by atoms with Crippen molar-refractivity contribution in [3.63, 3.8) is 0 Å². The van der Waals surface area contributed by atoms with Gasteiger partial charge in [-0.3, -0.25) is 9.59 Å². The van der Waals surface area contributed by atoms with Gasteiger partial charge in [-0.05, 0) is 58.9 Å². The highest BCUT2D eigenvalue weighted by atomic mass is 16.5. The molecule has 39 heavy (non-hydrogen) atoms. The van der Waals surface area contributed by atoms with Crippen LogP contribution in [0.25, 0.3) is 11.1 Å². The predicted molar refractivity (Wildman–Crippen MR) is 146 cm³/mol. The van der Waals surface area contributed by atoms with E-state index in [-0.39, 0.29) is 49.4 Å². The van der Waals surface area contributed by atoms with E-state index in [0.29, 0.717) is 12.3 Å². The lowest BCUT2D eigenvalue weighted by atomic mass is 9.71. The number of nitrogens with zero attached hydrogens (tertiary/aromatic N) is 1. The van der Waals surface area contributed by atoms with Gasteiger partial charge in [0, 0.05) is 24.4 Å². The van der Waals surface area contributed by atoms with Gasteiger partial charge in [0.1, 0.15) is 13.2 Å². The van der Waals surface area contributed by atoms with Crippen LogP contribution in [0.5, 0.6) is 0 Å². The van der Waals surface area contributed by atoms with Gasteiger partial charge in [0.2, 0.25) is 5.91 Å². The maximum Gasteiger partial charge on any atom is 0.407 e. The molecule has 0 spiro atoms. The fourth-order valence-corrected chi connectivity index (χ4v) is 6.82. The van der Waals surface area contributed by atoms with E-state index in [9.17, 15) is 19.5 Å². The number of amides is 2. The van der Waals surface area contributed by atoms with Gasteiger partial charge < -0.3 is 20.1 Å². The molecule has 2 amide bonds. The number of alkyl carbamates (subject to hydrolysis) is 1. The first-order valence-electron chi connectivity index (χ1n) is 13.6. The Morgan fingerprint density at radius 2 is 1.49 bits per heavy atom. The lowest BCUT2D eigenvalue weighted by Crippen LogP contribution is -2.50. The summed E-state index contributed by atoms with van der Waals surface area (Å²) >= 11 is 0. The molecule has 3 aliphatic rings. The third-order valence-corrected chi connectivity index (χ3v) is 8.67. The second kappa shape index (κ2) is 10.6. The second-order valence-corrected chi connectivity index (χ2v) is 11.0. The van der Waals surface area contributed by atoms with Gasteiger partial charge in [-0.2, -0.15) is 0 Å². The zero-order chi connectivity index (χ0) is 26.9. The first-order chi connectivity index (χ1) is 19.0. The van der Waals surface area contributed by atoms with Gasteiger partial charge in [-0.25, -0.2) is 4.79 Å². The first-order valence-corrected chi connectivity index (χ1v) is 13.6. The summed E-state index contributed by atoms with van der Waals surface area (Å²) in [7, 11) is 0. The van der Waals surface area contributed by atoms with Crippen molar-refractivity contribution < 1.29 is 24.2 Å². The number of benzene rings is 3. The summed E-state index contributed by atoms with van der Waals surface area (Å²) in [5.74, 6) is -0.775. The van der Waals surface area contributed by atoms with Gasteiger partial charge in [-0.1, -0.05) is 78.9 Å². The van der Waals surface area contributed by atoms with E-state index in [0.717, 1.165) is 18.4 Å². The topological polar surface area (TPSA) is 95.9 Å². The zero-order valence-corrected chi connectivity index (χ0v) is 21.7. The van der Waals surface area contributed by atoms with Gasteiger partial charge in [-0.15, -0.1) is 0 Å². The van der Waals surface area contributed by atoms with E-state index in [1.165, 1.54) is 27.2 Å². The first kappa shape index (κ1) is 25.2. The Kier molecular flexibility index (Phi) is 6.81. The molecule has 3 aromatic carbocycles. The number of carboxylic acid groups (broad SMARTS) is 1. The summed E-state index contributed by atoms with van der Waals surface area (Å²) in [6.45, 7) is 0.228. The summed E-state index contributed by atoms with van der Waals surface area (Å²) in [4.78, 5) is 39.0. The summed E-state index contributed by atoms with van der Waals surface area (Å²) in [6, 6.07) is 25.9. The van der Waals surface area contributed by atoms with Crippen LogP contribution < -0.4 is 5.32 Å². The number of carboxylic acids is 1. The zero-order valence-electron chi connectivity index (χ0n) is 21.7. The highest BCUT2D eigenvalue weighted by Gasteiger charge is 2.50. The molecule has 3 aromatic rings. The molecule has 1 unspecified atom stereocenters. The largest absolute Gasteiger partial charge is 0.480 e. The number of carbonyl (C=O) groups is 3. The van der Waals surface area contributed by atoms with Crippen molar-refractivity contribution in [1.29, 1.82) is 0 Å². The van der Waals surface area contributed by atoms with Crippen molar-refractivity contribution in [3.05, 3.63) is 95.6 Å². The number of nitrogens with one attached hydrogen (secondary N) is 1. The van der Waals surface area contributed by atoms with Crippen molar-refractivity contribution in [1.82, 2.24) is 10.2 Å². The summed E-state index contributed by atoms with van der Waals surface area (Å²) < 4.78 is 5.73. The number of hydrogen-bond acceptors (Lipinski definition) is 4. The number of rotatable bonds is 8. The van der Waals surface area contributed by atoms with E-state index in [1.807, 2.05) is 54.6 Å². The minimum absolute atomic E-state index is 0.00982. The summed E-state index contributed by atoms with van der Waals surface area (Å²) in [5, 5.41) is 12.4. The molecular formula is C32H32N2O5. The number of fused-ring (bicyclic) bond motifs is 4. The molecule has 2 fully saturated rings. The standard InChI is InChI=1S/C32H32N2O5/c35-30(36)18-34(17-20-8-2-1-3-9-20)31(37)22-14-21-16-29(27(21)15-22)33-32(38)39-19-28-25-12-6-4-10-23(25)24-11-5-7-13-26(24)28/h1-13,21-22,27-29H,14-19H2,(H,33,38)(H,35,36)/t21-,22?,27-,29+/m1/s1. The molecule has 2 saturated carbocycles. The molecular weight excluding hydrogens is 492 g/mol. The monoisotopic (exact) mass is 524 g/mol. The van der Waals surface area contributed by atoms with E-state index in [1.54, 1.807) is 0 Å². The Bertz CT molecular complexity index is 1340. The van der Waals surface area contributed by atoms with Crippen LogP contribution in [-0.4, -0.2) is 47.2 Å². The minimum Gasteiger partial charge on any atom is -0.480 e. The van der Waals surface area contributed by atoms with Gasteiger partial charge in [0.25, 0.3) is 0 Å². The van der Waals surface area contributed by atoms with Crippen molar-refractivity contribution in [3.8, 4) is 11.1 Å². The third-order valence-electron chi connectivity index (χ3n) is 8.67. The summed E-state index contributed by atoms with van der Waals surface area (Å²) in [6.07, 6.45) is 1.78. The fourth-order valence-electron chi connectivity index (χ4n) is 6.82. The van der Waals surface area contributed by atoms with Crippen LogP contribution in [-0.2, 0) is 20.9 Å². The average molecular weight is 525 g/mol. The van der Waals surface area contributed by atoms with E-state index in [4.69, 9.17) is 4.74 Å². The van der Waals surface area contributed by atoms with Crippen LogP contribution in [0, 0.1) is 17.8 Å². The number of hydrogen-bond donors (Lipinski definition) is 2. The molecule has 2 N–H and O–H groups in total. The third kappa shape index (κ3) is 5.01. The highest BCUT2D eigenvalue weighted by Crippen LogP contribution is 2.50. The predicted octanol–water partition coefficient (Wildman–Crippen LogP) is 5.05. The van der Waals surface area contributed by atoms with Crippen molar-refractivity contribution in [2.75, 3.05) is 13.2 Å². The molecule has 0 bridgehead atoms. The number of aliphatic carboxylic acids is 1. The molecule has 3 aliphatic carbocycles. The Hall–Kier alpha value is -4.13. The minimum atomic E-state index is -1.02. The molecule has 7 heteroatoms. The maximum absolute atomic E-state index is 13.3. The normalized spacial score (nSPS) is 22.7. The van der Waals surface area contributed by atoms with Crippen molar-refractivity contribution in [2.24, 2.45) is 17.8 Å². The fraction of sp³-hybridized carbons (Fsp3) is 0.344. The SMILES string of the molecule is O=C(O)CN(Cc1ccccc1)C(=O)C1C[C@@H]2C[C@H](NC(=O)OCC3c4ccccc4-c4ccccc43)[C@@H]2C1. The van der Waals surface area contributed by atoms with E-state index in [2.05, 4.69) is 29.6 Å². The van der Waals surface area contributed by atoms with Crippen molar-refractivity contribution in [2.45, 2.75) is 37.8 Å².